The standard InChI is InChI=1S/C11H16BrNO4/c1-8(9-3-4-10(12)17-9)13(5-6-16-2)7-11(14)15/h3-4,8H,5-7H2,1-2H3,(H,14,15). The van der Waals surface area contributed by atoms with E-state index in [1.54, 1.807) is 18.1 Å². The first-order valence-electron chi connectivity index (χ1n) is 5.24. The van der Waals surface area contributed by atoms with Gasteiger partial charge in [-0.3, -0.25) is 9.69 Å². The molecule has 1 aromatic heterocycles. The van der Waals surface area contributed by atoms with Crippen LogP contribution in [0.5, 0.6) is 0 Å². The van der Waals surface area contributed by atoms with Crippen LogP contribution in [-0.2, 0) is 9.53 Å². The highest BCUT2D eigenvalue weighted by Crippen LogP contribution is 2.24. The van der Waals surface area contributed by atoms with Gasteiger partial charge in [-0.1, -0.05) is 0 Å². The number of ether oxygens (including phenoxy) is 1. The Morgan fingerprint density at radius 3 is 2.82 bits per heavy atom. The molecule has 1 rings (SSSR count). The summed E-state index contributed by atoms with van der Waals surface area (Å²) < 4.78 is 11.0. The lowest BCUT2D eigenvalue weighted by atomic mass is 10.2. The normalized spacial score (nSPS) is 12.9. The van der Waals surface area contributed by atoms with Crippen molar-refractivity contribution in [1.29, 1.82) is 0 Å². The van der Waals surface area contributed by atoms with E-state index in [4.69, 9.17) is 14.3 Å². The number of furan rings is 1. The molecule has 0 bridgehead atoms. The number of hydrogen-bond donors (Lipinski definition) is 1. The third-order valence-electron chi connectivity index (χ3n) is 2.47. The van der Waals surface area contributed by atoms with Gasteiger partial charge in [0.1, 0.15) is 5.76 Å². The van der Waals surface area contributed by atoms with Gasteiger partial charge in [-0.2, -0.15) is 0 Å². The fourth-order valence-corrected chi connectivity index (χ4v) is 1.84. The summed E-state index contributed by atoms with van der Waals surface area (Å²) in [5.41, 5.74) is 0. The summed E-state index contributed by atoms with van der Waals surface area (Å²) >= 11 is 3.23. The minimum atomic E-state index is -0.862. The van der Waals surface area contributed by atoms with Crippen molar-refractivity contribution in [1.82, 2.24) is 4.90 Å². The quantitative estimate of drug-likeness (QED) is 0.836. The van der Waals surface area contributed by atoms with Gasteiger partial charge < -0.3 is 14.3 Å². The molecule has 0 aliphatic heterocycles. The molecule has 0 fully saturated rings. The van der Waals surface area contributed by atoms with Crippen LogP contribution in [0.1, 0.15) is 18.7 Å². The van der Waals surface area contributed by atoms with Gasteiger partial charge in [0.2, 0.25) is 0 Å². The van der Waals surface area contributed by atoms with Crippen LogP contribution in [0.4, 0.5) is 0 Å². The van der Waals surface area contributed by atoms with E-state index >= 15 is 0 Å². The minimum Gasteiger partial charge on any atom is -0.480 e. The van der Waals surface area contributed by atoms with Crippen molar-refractivity contribution in [2.24, 2.45) is 0 Å². The Kier molecular flexibility index (Phi) is 5.67. The summed E-state index contributed by atoms with van der Waals surface area (Å²) in [6, 6.07) is 3.52. The Morgan fingerprint density at radius 1 is 1.65 bits per heavy atom. The van der Waals surface area contributed by atoms with Crippen molar-refractivity contribution in [3.63, 3.8) is 0 Å². The van der Waals surface area contributed by atoms with Crippen LogP contribution in [0.2, 0.25) is 0 Å². The number of carboxylic acid groups (broad SMARTS) is 1. The molecule has 1 N–H and O–H groups in total. The Balaban J connectivity index is 2.70. The molecule has 0 spiro atoms. The molecule has 0 aliphatic carbocycles. The molecule has 1 atom stereocenters. The summed E-state index contributed by atoms with van der Waals surface area (Å²) in [7, 11) is 1.59. The van der Waals surface area contributed by atoms with Crippen LogP contribution in [0.25, 0.3) is 0 Å². The second kappa shape index (κ2) is 6.78. The van der Waals surface area contributed by atoms with Gasteiger partial charge in [-0.25, -0.2) is 0 Å². The van der Waals surface area contributed by atoms with E-state index < -0.39 is 5.97 Å². The maximum absolute atomic E-state index is 10.8. The number of carbonyl (C=O) groups is 1. The van der Waals surface area contributed by atoms with Gasteiger partial charge in [-0.05, 0) is 35.0 Å². The number of rotatable bonds is 7. The second-order valence-corrected chi connectivity index (χ2v) is 4.46. The van der Waals surface area contributed by atoms with Gasteiger partial charge in [0.15, 0.2) is 4.67 Å². The van der Waals surface area contributed by atoms with Gasteiger partial charge in [0.05, 0.1) is 19.2 Å². The van der Waals surface area contributed by atoms with E-state index in [1.807, 2.05) is 13.0 Å². The Morgan fingerprint density at radius 2 is 2.35 bits per heavy atom. The maximum atomic E-state index is 10.8. The summed E-state index contributed by atoms with van der Waals surface area (Å²) in [5, 5.41) is 8.86. The van der Waals surface area contributed by atoms with E-state index in [-0.39, 0.29) is 12.6 Å². The molecule has 6 heteroatoms. The predicted octanol–water partition coefficient (Wildman–Crippen LogP) is 2.14. The zero-order valence-corrected chi connectivity index (χ0v) is 11.4. The first-order valence-corrected chi connectivity index (χ1v) is 6.04. The fraction of sp³-hybridized carbons (Fsp3) is 0.545. The molecule has 0 saturated carbocycles. The second-order valence-electron chi connectivity index (χ2n) is 3.67. The van der Waals surface area contributed by atoms with Crippen LogP contribution >= 0.6 is 15.9 Å². The smallest absolute Gasteiger partial charge is 0.317 e. The number of hydrogen-bond acceptors (Lipinski definition) is 4. The highest BCUT2D eigenvalue weighted by molar-refractivity contribution is 9.10. The van der Waals surface area contributed by atoms with E-state index in [1.165, 1.54) is 0 Å². The molecule has 0 saturated heterocycles. The molecular formula is C11H16BrNO4. The lowest BCUT2D eigenvalue weighted by molar-refractivity contribution is -0.139. The zero-order chi connectivity index (χ0) is 12.8. The van der Waals surface area contributed by atoms with Crippen molar-refractivity contribution >= 4 is 21.9 Å². The molecule has 0 aliphatic rings. The third-order valence-corrected chi connectivity index (χ3v) is 2.90. The Hall–Kier alpha value is -0.850. The predicted molar refractivity (Wildman–Crippen MR) is 65.9 cm³/mol. The molecule has 0 radical (unpaired) electrons. The van der Waals surface area contributed by atoms with Crippen LogP contribution in [-0.4, -0.2) is 42.8 Å². The van der Waals surface area contributed by atoms with Crippen LogP contribution in [0, 0.1) is 0 Å². The Labute approximate surface area is 108 Å². The highest BCUT2D eigenvalue weighted by Gasteiger charge is 2.20. The van der Waals surface area contributed by atoms with Gasteiger partial charge in [-0.15, -0.1) is 0 Å². The number of aliphatic carboxylic acids is 1. The fourth-order valence-electron chi connectivity index (χ4n) is 1.52. The largest absolute Gasteiger partial charge is 0.480 e. The Bertz CT molecular complexity index is 366. The molecule has 17 heavy (non-hydrogen) atoms. The average molecular weight is 306 g/mol. The topological polar surface area (TPSA) is 62.9 Å². The first kappa shape index (κ1) is 14.2. The molecular weight excluding hydrogens is 290 g/mol. The van der Waals surface area contributed by atoms with Crippen molar-refractivity contribution in [2.45, 2.75) is 13.0 Å². The van der Waals surface area contributed by atoms with E-state index in [0.717, 1.165) is 5.76 Å². The molecule has 0 aromatic carbocycles. The number of methoxy groups -OCH3 is 1. The number of carboxylic acids is 1. The molecule has 5 nitrogen and oxygen atoms in total. The van der Waals surface area contributed by atoms with Crippen LogP contribution < -0.4 is 0 Å². The number of halogens is 1. The van der Waals surface area contributed by atoms with Crippen LogP contribution in [0.15, 0.2) is 21.2 Å². The van der Waals surface area contributed by atoms with Crippen molar-refractivity contribution in [3.8, 4) is 0 Å². The molecule has 0 amide bonds. The molecule has 1 heterocycles. The lowest BCUT2D eigenvalue weighted by Crippen LogP contribution is -2.34. The van der Waals surface area contributed by atoms with Gasteiger partial charge >= 0.3 is 5.97 Å². The molecule has 96 valence electrons. The van der Waals surface area contributed by atoms with Crippen molar-refractivity contribution in [2.75, 3.05) is 26.8 Å². The zero-order valence-electron chi connectivity index (χ0n) is 9.85. The summed E-state index contributed by atoms with van der Waals surface area (Å²) in [5.74, 6) is -0.132. The van der Waals surface area contributed by atoms with E-state index in [0.29, 0.717) is 17.8 Å². The minimum absolute atomic E-state index is 0.0388. The highest BCUT2D eigenvalue weighted by atomic mass is 79.9. The van der Waals surface area contributed by atoms with Gasteiger partial charge in [0, 0.05) is 13.7 Å². The van der Waals surface area contributed by atoms with E-state index in [2.05, 4.69) is 15.9 Å². The average Bonchev–Trinajstić information content (AvgIpc) is 2.69. The van der Waals surface area contributed by atoms with Crippen LogP contribution in [0.3, 0.4) is 0 Å². The SMILES string of the molecule is COCCN(CC(=O)O)C(C)c1ccc(Br)o1. The summed E-state index contributed by atoms with van der Waals surface area (Å²) in [4.78, 5) is 12.6. The van der Waals surface area contributed by atoms with E-state index in [9.17, 15) is 4.79 Å². The monoisotopic (exact) mass is 305 g/mol. The number of nitrogens with zero attached hydrogens (tertiary/aromatic N) is 1. The summed E-state index contributed by atoms with van der Waals surface area (Å²) in [6.45, 7) is 2.90. The summed E-state index contributed by atoms with van der Waals surface area (Å²) in [6.07, 6.45) is 0. The van der Waals surface area contributed by atoms with Crippen molar-refractivity contribution in [3.05, 3.63) is 22.6 Å². The van der Waals surface area contributed by atoms with Gasteiger partial charge in [0.25, 0.3) is 0 Å². The first-order chi connectivity index (χ1) is 8.04. The lowest BCUT2D eigenvalue weighted by Gasteiger charge is -2.25. The maximum Gasteiger partial charge on any atom is 0.317 e. The third kappa shape index (κ3) is 4.49. The van der Waals surface area contributed by atoms with Crippen molar-refractivity contribution < 1.29 is 19.1 Å². The molecule has 1 unspecified atom stereocenters. The molecule has 1 aromatic rings.